The van der Waals surface area contributed by atoms with E-state index in [0.717, 1.165) is 23.7 Å². The molecule has 0 saturated carbocycles. The SMILES string of the molecule is CCNCC(OC)c1cccc(Cl)c1. The van der Waals surface area contributed by atoms with E-state index < -0.39 is 0 Å². The van der Waals surface area contributed by atoms with Gasteiger partial charge in [-0.3, -0.25) is 0 Å². The lowest BCUT2D eigenvalue weighted by molar-refractivity contribution is 0.103. The average molecular weight is 214 g/mol. The summed E-state index contributed by atoms with van der Waals surface area (Å²) in [4.78, 5) is 0. The smallest absolute Gasteiger partial charge is 0.0945 e. The zero-order valence-corrected chi connectivity index (χ0v) is 9.34. The molecule has 1 rings (SSSR count). The van der Waals surface area contributed by atoms with Crippen LogP contribution in [0.25, 0.3) is 0 Å². The standard InChI is InChI=1S/C11H16ClNO/c1-3-13-8-11(14-2)9-5-4-6-10(12)7-9/h4-7,11,13H,3,8H2,1-2H3. The number of rotatable bonds is 5. The number of hydrogen-bond acceptors (Lipinski definition) is 2. The molecule has 1 aromatic carbocycles. The summed E-state index contributed by atoms with van der Waals surface area (Å²) in [5.74, 6) is 0. The number of nitrogens with one attached hydrogen (secondary N) is 1. The number of likely N-dealkylation sites (N-methyl/N-ethyl adjacent to an activating group) is 1. The molecule has 0 amide bonds. The predicted octanol–water partition coefficient (Wildman–Crippen LogP) is 2.64. The van der Waals surface area contributed by atoms with Crippen molar-refractivity contribution < 1.29 is 4.74 Å². The van der Waals surface area contributed by atoms with E-state index in [4.69, 9.17) is 16.3 Å². The van der Waals surface area contributed by atoms with Gasteiger partial charge in [0.2, 0.25) is 0 Å². The van der Waals surface area contributed by atoms with Crippen molar-refractivity contribution in [1.29, 1.82) is 0 Å². The zero-order valence-electron chi connectivity index (χ0n) is 8.59. The molecule has 0 aliphatic heterocycles. The first kappa shape index (κ1) is 11.5. The molecule has 0 aliphatic carbocycles. The molecular formula is C11H16ClNO. The van der Waals surface area contributed by atoms with Gasteiger partial charge in [0, 0.05) is 18.7 Å². The van der Waals surface area contributed by atoms with Crippen LogP contribution in [-0.2, 0) is 4.74 Å². The Morgan fingerprint density at radius 1 is 1.50 bits per heavy atom. The van der Waals surface area contributed by atoms with Crippen LogP contribution < -0.4 is 5.32 Å². The summed E-state index contributed by atoms with van der Waals surface area (Å²) < 4.78 is 5.37. The molecule has 1 N–H and O–H groups in total. The first-order valence-electron chi connectivity index (χ1n) is 4.77. The Morgan fingerprint density at radius 3 is 2.86 bits per heavy atom. The molecule has 0 heterocycles. The largest absolute Gasteiger partial charge is 0.375 e. The fraction of sp³-hybridized carbons (Fsp3) is 0.455. The third-order valence-corrected chi connectivity index (χ3v) is 2.32. The maximum absolute atomic E-state index is 5.90. The number of ether oxygens (including phenoxy) is 1. The summed E-state index contributed by atoms with van der Waals surface area (Å²) in [6.07, 6.45) is 0.0775. The Kier molecular flexibility index (Phi) is 4.94. The second kappa shape index (κ2) is 6.02. The molecule has 0 saturated heterocycles. The van der Waals surface area contributed by atoms with Crippen LogP contribution in [0.15, 0.2) is 24.3 Å². The van der Waals surface area contributed by atoms with Crippen LogP contribution in [0, 0.1) is 0 Å². The first-order chi connectivity index (χ1) is 6.77. The molecule has 1 unspecified atom stereocenters. The summed E-state index contributed by atoms with van der Waals surface area (Å²) in [5, 5.41) is 4.00. The summed E-state index contributed by atoms with van der Waals surface area (Å²) in [6.45, 7) is 3.83. The van der Waals surface area contributed by atoms with Crippen molar-refractivity contribution in [3.05, 3.63) is 34.9 Å². The van der Waals surface area contributed by atoms with Crippen molar-refractivity contribution >= 4 is 11.6 Å². The molecular weight excluding hydrogens is 198 g/mol. The molecule has 0 aliphatic rings. The Labute approximate surface area is 90.2 Å². The summed E-state index contributed by atoms with van der Waals surface area (Å²) >= 11 is 5.90. The fourth-order valence-corrected chi connectivity index (χ4v) is 1.52. The third-order valence-electron chi connectivity index (χ3n) is 2.08. The Hall–Kier alpha value is -0.570. The van der Waals surface area contributed by atoms with E-state index in [1.165, 1.54) is 0 Å². The molecule has 14 heavy (non-hydrogen) atoms. The highest BCUT2D eigenvalue weighted by molar-refractivity contribution is 6.30. The minimum Gasteiger partial charge on any atom is -0.375 e. The van der Waals surface area contributed by atoms with Gasteiger partial charge in [0.15, 0.2) is 0 Å². The highest BCUT2D eigenvalue weighted by atomic mass is 35.5. The van der Waals surface area contributed by atoms with E-state index in [0.29, 0.717) is 0 Å². The third kappa shape index (κ3) is 3.29. The monoisotopic (exact) mass is 213 g/mol. The van der Waals surface area contributed by atoms with Gasteiger partial charge in [0.25, 0.3) is 0 Å². The summed E-state index contributed by atoms with van der Waals surface area (Å²) in [6, 6.07) is 7.77. The Balaban J connectivity index is 2.68. The van der Waals surface area contributed by atoms with Gasteiger partial charge < -0.3 is 10.1 Å². The normalized spacial score (nSPS) is 12.8. The van der Waals surface area contributed by atoms with Crippen molar-refractivity contribution in [3.8, 4) is 0 Å². The van der Waals surface area contributed by atoms with E-state index in [9.17, 15) is 0 Å². The van der Waals surface area contributed by atoms with Crippen LogP contribution in [0.2, 0.25) is 5.02 Å². The molecule has 78 valence electrons. The quantitative estimate of drug-likeness (QED) is 0.812. The summed E-state index contributed by atoms with van der Waals surface area (Å²) in [7, 11) is 1.71. The molecule has 0 radical (unpaired) electrons. The number of halogens is 1. The van der Waals surface area contributed by atoms with E-state index >= 15 is 0 Å². The van der Waals surface area contributed by atoms with E-state index in [-0.39, 0.29) is 6.10 Å². The van der Waals surface area contributed by atoms with E-state index in [1.807, 2.05) is 24.3 Å². The van der Waals surface area contributed by atoms with E-state index in [2.05, 4.69) is 12.2 Å². The van der Waals surface area contributed by atoms with Crippen LogP contribution in [0.1, 0.15) is 18.6 Å². The second-order valence-corrected chi connectivity index (χ2v) is 3.52. The molecule has 0 aromatic heterocycles. The molecule has 0 spiro atoms. The van der Waals surface area contributed by atoms with Crippen LogP contribution in [0.3, 0.4) is 0 Å². The molecule has 0 fully saturated rings. The molecule has 1 atom stereocenters. The highest BCUT2D eigenvalue weighted by Crippen LogP contribution is 2.19. The number of benzene rings is 1. The molecule has 1 aromatic rings. The number of methoxy groups -OCH3 is 1. The molecule has 2 nitrogen and oxygen atoms in total. The summed E-state index contributed by atoms with van der Waals surface area (Å²) in [5.41, 5.74) is 1.11. The van der Waals surface area contributed by atoms with Crippen LogP contribution in [0.5, 0.6) is 0 Å². The van der Waals surface area contributed by atoms with Gasteiger partial charge in [0.1, 0.15) is 0 Å². The lowest BCUT2D eigenvalue weighted by Gasteiger charge is -2.16. The van der Waals surface area contributed by atoms with Crippen LogP contribution in [0.4, 0.5) is 0 Å². The van der Waals surface area contributed by atoms with Crippen molar-refractivity contribution in [2.45, 2.75) is 13.0 Å². The minimum absolute atomic E-state index is 0.0775. The van der Waals surface area contributed by atoms with Gasteiger partial charge >= 0.3 is 0 Å². The second-order valence-electron chi connectivity index (χ2n) is 3.09. The van der Waals surface area contributed by atoms with Crippen LogP contribution >= 0.6 is 11.6 Å². The maximum atomic E-state index is 5.90. The Morgan fingerprint density at radius 2 is 2.29 bits per heavy atom. The molecule has 0 bridgehead atoms. The first-order valence-corrected chi connectivity index (χ1v) is 5.14. The van der Waals surface area contributed by atoms with Gasteiger partial charge in [-0.2, -0.15) is 0 Å². The predicted molar refractivity (Wildman–Crippen MR) is 59.7 cm³/mol. The van der Waals surface area contributed by atoms with Gasteiger partial charge in [-0.1, -0.05) is 30.7 Å². The maximum Gasteiger partial charge on any atom is 0.0945 e. The lowest BCUT2D eigenvalue weighted by Crippen LogP contribution is -2.22. The number of hydrogen-bond donors (Lipinski definition) is 1. The van der Waals surface area contributed by atoms with Crippen molar-refractivity contribution in [1.82, 2.24) is 5.32 Å². The van der Waals surface area contributed by atoms with Crippen LogP contribution in [-0.4, -0.2) is 20.2 Å². The van der Waals surface area contributed by atoms with Gasteiger partial charge in [-0.05, 0) is 24.2 Å². The topological polar surface area (TPSA) is 21.3 Å². The highest BCUT2D eigenvalue weighted by Gasteiger charge is 2.09. The van der Waals surface area contributed by atoms with Gasteiger partial charge in [-0.25, -0.2) is 0 Å². The average Bonchev–Trinajstić information content (AvgIpc) is 2.19. The Bertz CT molecular complexity index is 278. The lowest BCUT2D eigenvalue weighted by atomic mass is 10.1. The van der Waals surface area contributed by atoms with Gasteiger partial charge in [0.05, 0.1) is 6.10 Å². The molecule has 3 heteroatoms. The zero-order chi connectivity index (χ0) is 10.4. The van der Waals surface area contributed by atoms with Crippen molar-refractivity contribution in [2.24, 2.45) is 0 Å². The van der Waals surface area contributed by atoms with Crippen molar-refractivity contribution in [3.63, 3.8) is 0 Å². The minimum atomic E-state index is 0.0775. The van der Waals surface area contributed by atoms with Gasteiger partial charge in [-0.15, -0.1) is 0 Å². The van der Waals surface area contributed by atoms with Crippen molar-refractivity contribution in [2.75, 3.05) is 20.2 Å². The van der Waals surface area contributed by atoms with E-state index in [1.54, 1.807) is 7.11 Å². The fourth-order valence-electron chi connectivity index (χ4n) is 1.32.